The number of rotatable bonds is 4. The van der Waals surface area contributed by atoms with Crippen molar-refractivity contribution in [3.8, 4) is 5.75 Å². The van der Waals surface area contributed by atoms with Gasteiger partial charge in [-0.2, -0.15) is 0 Å². The van der Waals surface area contributed by atoms with Crippen molar-refractivity contribution >= 4 is 0 Å². The zero-order valence-electron chi connectivity index (χ0n) is 13.1. The van der Waals surface area contributed by atoms with E-state index in [-0.39, 0.29) is 6.04 Å². The second-order valence-corrected chi connectivity index (χ2v) is 5.76. The summed E-state index contributed by atoms with van der Waals surface area (Å²) in [5.41, 5.74) is 6.76. The maximum Gasteiger partial charge on any atom is 0.122 e. The van der Waals surface area contributed by atoms with Crippen LogP contribution >= 0.6 is 0 Å². The van der Waals surface area contributed by atoms with Crippen molar-refractivity contribution in [2.45, 2.75) is 33.2 Å². The first kappa shape index (κ1) is 14.2. The van der Waals surface area contributed by atoms with Gasteiger partial charge in [0.15, 0.2) is 0 Å². The van der Waals surface area contributed by atoms with Crippen molar-refractivity contribution in [2.75, 3.05) is 13.2 Å². The maximum absolute atomic E-state index is 5.63. The van der Waals surface area contributed by atoms with Crippen LogP contribution in [0.4, 0.5) is 0 Å². The molecule has 2 heteroatoms. The molecule has 0 aliphatic carbocycles. The van der Waals surface area contributed by atoms with Gasteiger partial charge in [0.25, 0.3) is 0 Å². The number of benzene rings is 2. The highest BCUT2D eigenvalue weighted by Crippen LogP contribution is 2.32. The van der Waals surface area contributed by atoms with Crippen LogP contribution in [0, 0.1) is 13.8 Å². The first-order chi connectivity index (χ1) is 10.2. The Bertz CT molecular complexity index is 628. The lowest BCUT2D eigenvalue weighted by atomic mass is 9.90. The van der Waals surface area contributed by atoms with Crippen molar-refractivity contribution in [3.05, 3.63) is 64.2 Å². The molecule has 0 amide bonds. The molecule has 0 saturated heterocycles. The van der Waals surface area contributed by atoms with Crippen molar-refractivity contribution in [1.82, 2.24) is 5.32 Å². The zero-order valence-corrected chi connectivity index (χ0v) is 13.1. The topological polar surface area (TPSA) is 21.3 Å². The van der Waals surface area contributed by atoms with Gasteiger partial charge in [0.2, 0.25) is 0 Å². The van der Waals surface area contributed by atoms with E-state index in [4.69, 9.17) is 4.74 Å². The Morgan fingerprint density at radius 3 is 2.62 bits per heavy atom. The van der Waals surface area contributed by atoms with Gasteiger partial charge in [0, 0.05) is 6.42 Å². The lowest BCUT2D eigenvalue weighted by Gasteiger charge is -2.23. The molecule has 0 spiro atoms. The van der Waals surface area contributed by atoms with Crippen molar-refractivity contribution in [1.29, 1.82) is 0 Å². The number of hydrogen-bond donors (Lipinski definition) is 1. The molecule has 110 valence electrons. The third kappa shape index (κ3) is 2.68. The van der Waals surface area contributed by atoms with Crippen molar-refractivity contribution in [2.24, 2.45) is 0 Å². The predicted octanol–water partition coefficient (Wildman–Crippen LogP) is 3.94. The van der Waals surface area contributed by atoms with E-state index in [1.807, 2.05) is 0 Å². The molecule has 0 radical (unpaired) electrons. The monoisotopic (exact) mass is 281 g/mol. The van der Waals surface area contributed by atoms with Crippen molar-refractivity contribution in [3.63, 3.8) is 0 Å². The van der Waals surface area contributed by atoms with E-state index < -0.39 is 0 Å². The summed E-state index contributed by atoms with van der Waals surface area (Å²) in [7, 11) is 0. The summed E-state index contributed by atoms with van der Waals surface area (Å²) in [6.07, 6.45) is 1.02. The lowest BCUT2D eigenvalue weighted by Crippen LogP contribution is -2.23. The molecule has 2 aromatic rings. The molecule has 21 heavy (non-hydrogen) atoms. The first-order valence-electron chi connectivity index (χ1n) is 7.76. The van der Waals surface area contributed by atoms with Crippen LogP contribution in [0.25, 0.3) is 0 Å². The summed E-state index contributed by atoms with van der Waals surface area (Å²) < 4.78 is 5.63. The molecule has 1 atom stereocenters. The number of nitrogens with one attached hydrogen (secondary N) is 1. The van der Waals surface area contributed by atoms with Gasteiger partial charge in [-0.15, -0.1) is 0 Å². The van der Waals surface area contributed by atoms with E-state index in [0.29, 0.717) is 0 Å². The van der Waals surface area contributed by atoms with Crippen LogP contribution in [-0.2, 0) is 6.42 Å². The van der Waals surface area contributed by atoms with Gasteiger partial charge in [-0.1, -0.05) is 37.3 Å². The summed E-state index contributed by atoms with van der Waals surface area (Å²) >= 11 is 0. The predicted molar refractivity (Wildman–Crippen MR) is 87.1 cm³/mol. The fourth-order valence-corrected chi connectivity index (χ4v) is 3.26. The van der Waals surface area contributed by atoms with Gasteiger partial charge in [-0.25, -0.2) is 0 Å². The fraction of sp³-hybridized carbons (Fsp3) is 0.368. The van der Waals surface area contributed by atoms with Crippen LogP contribution in [0.2, 0.25) is 0 Å². The minimum Gasteiger partial charge on any atom is -0.493 e. The van der Waals surface area contributed by atoms with E-state index in [0.717, 1.165) is 25.3 Å². The molecule has 0 fully saturated rings. The van der Waals surface area contributed by atoms with Crippen LogP contribution < -0.4 is 10.1 Å². The van der Waals surface area contributed by atoms with E-state index in [1.165, 1.54) is 27.8 Å². The van der Waals surface area contributed by atoms with Gasteiger partial charge in [0.1, 0.15) is 5.75 Å². The van der Waals surface area contributed by atoms with E-state index in [9.17, 15) is 0 Å². The molecule has 0 bridgehead atoms. The Morgan fingerprint density at radius 2 is 1.90 bits per heavy atom. The SMILES string of the molecule is CCNC(c1ccc2c(c1)CCO2)c1c(C)cccc1C. The minimum atomic E-state index is 0.252. The summed E-state index contributed by atoms with van der Waals surface area (Å²) in [5, 5.41) is 3.65. The minimum absolute atomic E-state index is 0.252. The summed E-state index contributed by atoms with van der Waals surface area (Å²) in [6.45, 7) is 8.32. The molecular weight excluding hydrogens is 258 g/mol. The highest BCUT2D eigenvalue weighted by molar-refractivity contribution is 5.46. The second kappa shape index (κ2) is 5.90. The lowest BCUT2D eigenvalue weighted by molar-refractivity contribution is 0.357. The molecule has 1 unspecified atom stereocenters. The molecule has 0 aromatic heterocycles. The summed E-state index contributed by atoms with van der Waals surface area (Å²) in [4.78, 5) is 0. The number of ether oxygens (including phenoxy) is 1. The van der Waals surface area contributed by atoms with Gasteiger partial charge in [-0.05, 0) is 54.3 Å². The molecule has 0 saturated carbocycles. The van der Waals surface area contributed by atoms with Crippen LogP contribution in [0.15, 0.2) is 36.4 Å². The average molecular weight is 281 g/mol. The molecule has 2 nitrogen and oxygen atoms in total. The highest BCUT2D eigenvalue weighted by atomic mass is 16.5. The second-order valence-electron chi connectivity index (χ2n) is 5.76. The number of aryl methyl sites for hydroxylation is 2. The van der Waals surface area contributed by atoms with Crippen LogP contribution in [-0.4, -0.2) is 13.2 Å². The molecule has 2 aromatic carbocycles. The van der Waals surface area contributed by atoms with E-state index in [2.05, 4.69) is 62.5 Å². The van der Waals surface area contributed by atoms with Crippen LogP contribution in [0.3, 0.4) is 0 Å². The molecule has 1 aliphatic heterocycles. The molecular formula is C19H23NO. The Labute approximate surface area is 127 Å². The van der Waals surface area contributed by atoms with E-state index >= 15 is 0 Å². The fourth-order valence-electron chi connectivity index (χ4n) is 3.26. The largest absolute Gasteiger partial charge is 0.493 e. The normalized spacial score (nSPS) is 14.6. The summed E-state index contributed by atoms with van der Waals surface area (Å²) in [5.74, 6) is 1.05. The molecule has 3 rings (SSSR count). The van der Waals surface area contributed by atoms with Gasteiger partial charge < -0.3 is 10.1 Å². The molecule has 1 N–H and O–H groups in total. The Hall–Kier alpha value is -1.80. The average Bonchev–Trinajstić information content (AvgIpc) is 2.93. The zero-order chi connectivity index (χ0) is 14.8. The third-order valence-electron chi connectivity index (χ3n) is 4.29. The number of fused-ring (bicyclic) bond motifs is 1. The van der Waals surface area contributed by atoms with Gasteiger partial charge in [-0.3, -0.25) is 0 Å². The Kier molecular flexibility index (Phi) is 3.98. The third-order valence-corrected chi connectivity index (χ3v) is 4.29. The maximum atomic E-state index is 5.63. The smallest absolute Gasteiger partial charge is 0.122 e. The summed E-state index contributed by atoms with van der Waals surface area (Å²) in [6, 6.07) is 13.4. The first-order valence-corrected chi connectivity index (χ1v) is 7.76. The van der Waals surface area contributed by atoms with Crippen molar-refractivity contribution < 1.29 is 4.74 Å². The quantitative estimate of drug-likeness (QED) is 0.916. The Balaban J connectivity index is 2.06. The Morgan fingerprint density at radius 1 is 1.14 bits per heavy atom. The standard InChI is InChI=1S/C19H23NO/c1-4-20-19(18-13(2)6-5-7-14(18)3)16-8-9-17-15(12-16)10-11-21-17/h5-9,12,19-20H,4,10-11H2,1-3H3. The number of hydrogen-bond acceptors (Lipinski definition) is 2. The van der Waals surface area contributed by atoms with Gasteiger partial charge in [0.05, 0.1) is 12.6 Å². The highest BCUT2D eigenvalue weighted by Gasteiger charge is 2.20. The molecule has 1 heterocycles. The molecule has 1 aliphatic rings. The van der Waals surface area contributed by atoms with Crippen LogP contribution in [0.1, 0.15) is 40.8 Å². The van der Waals surface area contributed by atoms with Gasteiger partial charge >= 0.3 is 0 Å². The van der Waals surface area contributed by atoms with E-state index in [1.54, 1.807) is 0 Å². The van der Waals surface area contributed by atoms with Crippen LogP contribution in [0.5, 0.6) is 5.75 Å².